The van der Waals surface area contributed by atoms with Gasteiger partial charge in [-0.15, -0.1) is 0 Å². The Labute approximate surface area is 146 Å². The van der Waals surface area contributed by atoms with Gasteiger partial charge < -0.3 is 16.4 Å². The minimum Gasteiger partial charge on any atom is -0.355 e. The number of carbonyl (C=O) groups is 2. The number of rotatable bonds is 3. The van der Waals surface area contributed by atoms with Gasteiger partial charge in [-0.25, -0.2) is 0 Å². The van der Waals surface area contributed by atoms with Crippen LogP contribution in [0.4, 0.5) is 0 Å². The highest BCUT2D eigenvalue weighted by atomic mass is 16.2. The average molecular weight is 335 g/mol. The van der Waals surface area contributed by atoms with Gasteiger partial charge in [-0.05, 0) is 23.1 Å². The first-order valence-electron chi connectivity index (χ1n) is 8.57. The van der Waals surface area contributed by atoms with Gasteiger partial charge in [-0.1, -0.05) is 54.6 Å². The van der Waals surface area contributed by atoms with Crippen LogP contribution in [-0.2, 0) is 21.4 Å². The highest BCUT2D eigenvalue weighted by molar-refractivity contribution is 5.97. The van der Waals surface area contributed by atoms with Crippen LogP contribution in [0.15, 0.2) is 54.6 Å². The van der Waals surface area contributed by atoms with Crippen molar-refractivity contribution in [1.29, 1.82) is 0 Å². The van der Waals surface area contributed by atoms with E-state index in [4.69, 9.17) is 5.73 Å². The van der Waals surface area contributed by atoms with Gasteiger partial charge in [0.25, 0.3) is 0 Å². The minimum absolute atomic E-state index is 0.0991. The van der Waals surface area contributed by atoms with E-state index in [1.54, 1.807) is 0 Å². The van der Waals surface area contributed by atoms with Crippen LogP contribution in [0.3, 0.4) is 0 Å². The summed E-state index contributed by atoms with van der Waals surface area (Å²) in [5.74, 6) is -0.233. The Balaban J connectivity index is 1.60. The van der Waals surface area contributed by atoms with Gasteiger partial charge in [0.15, 0.2) is 0 Å². The fraction of sp³-hybridized carbons (Fsp3) is 0.300. The molecule has 2 amide bonds. The summed E-state index contributed by atoms with van der Waals surface area (Å²) < 4.78 is 0. The Bertz CT molecular complexity index is 821. The first kappa shape index (κ1) is 15.8. The van der Waals surface area contributed by atoms with Crippen LogP contribution < -0.4 is 16.4 Å². The van der Waals surface area contributed by atoms with Gasteiger partial charge in [-0.2, -0.15) is 0 Å². The zero-order valence-electron chi connectivity index (χ0n) is 13.9. The maximum Gasteiger partial charge on any atom is 0.233 e. The first-order chi connectivity index (χ1) is 12.1. The van der Waals surface area contributed by atoms with Crippen molar-refractivity contribution in [2.75, 3.05) is 6.54 Å². The number of benzene rings is 2. The van der Waals surface area contributed by atoms with Crippen LogP contribution in [0.5, 0.6) is 0 Å². The van der Waals surface area contributed by atoms with Gasteiger partial charge in [-0.3, -0.25) is 9.59 Å². The Morgan fingerprint density at radius 3 is 2.52 bits per heavy atom. The molecule has 5 heteroatoms. The van der Waals surface area contributed by atoms with E-state index in [9.17, 15) is 9.59 Å². The Morgan fingerprint density at radius 2 is 1.84 bits per heavy atom. The van der Waals surface area contributed by atoms with E-state index in [1.807, 2.05) is 48.5 Å². The second-order valence-electron chi connectivity index (χ2n) is 6.91. The molecule has 0 spiro atoms. The van der Waals surface area contributed by atoms with Crippen molar-refractivity contribution in [2.45, 2.75) is 30.3 Å². The molecule has 0 saturated carbocycles. The van der Waals surface area contributed by atoms with E-state index in [-0.39, 0.29) is 30.3 Å². The van der Waals surface area contributed by atoms with Gasteiger partial charge >= 0.3 is 0 Å². The Morgan fingerprint density at radius 1 is 1.12 bits per heavy atom. The van der Waals surface area contributed by atoms with Crippen molar-refractivity contribution < 1.29 is 9.59 Å². The summed E-state index contributed by atoms with van der Waals surface area (Å²) in [6.45, 7) is 0.316. The average Bonchev–Trinajstić information content (AvgIpc) is 3.18. The van der Waals surface area contributed by atoms with Crippen molar-refractivity contribution in [3.63, 3.8) is 0 Å². The number of nitrogens with two attached hydrogens (primary N) is 1. The second-order valence-corrected chi connectivity index (χ2v) is 6.91. The quantitative estimate of drug-likeness (QED) is 0.788. The molecule has 1 unspecified atom stereocenters. The molecule has 4 rings (SSSR count). The molecule has 1 saturated heterocycles. The van der Waals surface area contributed by atoms with E-state index >= 15 is 0 Å². The lowest BCUT2D eigenvalue weighted by molar-refractivity contribution is -0.128. The van der Waals surface area contributed by atoms with E-state index in [0.717, 1.165) is 17.5 Å². The lowest BCUT2D eigenvalue weighted by Gasteiger charge is -2.29. The molecule has 1 aliphatic heterocycles. The lowest BCUT2D eigenvalue weighted by Crippen LogP contribution is -2.51. The molecule has 2 aromatic carbocycles. The lowest BCUT2D eigenvalue weighted by atomic mass is 9.78. The maximum atomic E-state index is 13.2. The van der Waals surface area contributed by atoms with Crippen molar-refractivity contribution in [1.82, 2.24) is 10.6 Å². The summed E-state index contributed by atoms with van der Waals surface area (Å²) >= 11 is 0. The highest BCUT2D eigenvalue weighted by Crippen LogP contribution is 2.34. The molecule has 1 fully saturated rings. The number of carbonyl (C=O) groups excluding carboxylic acids is 2. The van der Waals surface area contributed by atoms with E-state index in [0.29, 0.717) is 6.54 Å². The topological polar surface area (TPSA) is 84.2 Å². The summed E-state index contributed by atoms with van der Waals surface area (Å²) in [6.07, 6.45) is 0.882. The molecule has 3 atom stereocenters. The van der Waals surface area contributed by atoms with Gasteiger partial charge in [0, 0.05) is 13.0 Å². The summed E-state index contributed by atoms with van der Waals surface area (Å²) in [5, 5.41) is 5.93. The van der Waals surface area contributed by atoms with E-state index < -0.39 is 5.41 Å². The SMILES string of the molecule is N[C@H]1c2ccccc2C[C@@H]1NC(=O)C1(c2ccccc2)CNC(=O)C1. The third-order valence-corrected chi connectivity index (χ3v) is 5.41. The molecular weight excluding hydrogens is 314 g/mol. The van der Waals surface area contributed by atoms with Crippen LogP contribution in [0.1, 0.15) is 29.2 Å². The Kier molecular flexibility index (Phi) is 3.81. The van der Waals surface area contributed by atoms with Crippen LogP contribution >= 0.6 is 0 Å². The third kappa shape index (κ3) is 2.61. The smallest absolute Gasteiger partial charge is 0.233 e. The van der Waals surface area contributed by atoms with Crippen molar-refractivity contribution in [3.8, 4) is 0 Å². The minimum atomic E-state index is -0.868. The summed E-state index contributed by atoms with van der Waals surface area (Å²) in [5.41, 5.74) is 8.60. The van der Waals surface area contributed by atoms with E-state index in [2.05, 4.69) is 16.7 Å². The first-order valence-corrected chi connectivity index (χ1v) is 8.57. The van der Waals surface area contributed by atoms with Gasteiger partial charge in [0.1, 0.15) is 5.41 Å². The highest BCUT2D eigenvalue weighted by Gasteiger charge is 2.47. The number of nitrogens with one attached hydrogen (secondary N) is 2. The number of hydrogen-bond donors (Lipinski definition) is 3. The maximum absolute atomic E-state index is 13.2. The molecule has 2 aromatic rings. The van der Waals surface area contributed by atoms with Crippen molar-refractivity contribution in [2.24, 2.45) is 5.73 Å². The molecule has 1 aliphatic carbocycles. The van der Waals surface area contributed by atoms with Gasteiger partial charge in [0.2, 0.25) is 11.8 Å². The number of hydrogen-bond acceptors (Lipinski definition) is 3. The van der Waals surface area contributed by atoms with Crippen LogP contribution in [-0.4, -0.2) is 24.4 Å². The standard InChI is InChI=1S/C20H21N3O2/c21-18-15-9-5-4-6-13(15)10-16(18)23-19(25)20(11-17(24)22-12-20)14-7-2-1-3-8-14/h1-9,16,18H,10-12,21H2,(H,22,24)(H,23,25)/t16-,18-,20?/m0/s1. The van der Waals surface area contributed by atoms with Crippen molar-refractivity contribution in [3.05, 3.63) is 71.3 Å². The molecule has 0 aromatic heterocycles. The number of fused-ring (bicyclic) bond motifs is 1. The molecule has 4 N–H and O–H groups in total. The fourth-order valence-electron chi connectivity index (χ4n) is 3.97. The number of amides is 2. The predicted molar refractivity (Wildman–Crippen MR) is 94.8 cm³/mol. The largest absolute Gasteiger partial charge is 0.355 e. The second kappa shape index (κ2) is 6.01. The summed E-state index contributed by atoms with van der Waals surface area (Å²) in [4.78, 5) is 25.1. The summed E-state index contributed by atoms with van der Waals surface area (Å²) in [6, 6.07) is 17.1. The zero-order valence-corrected chi connectivity index (χ0v) is 13.9. The molecule has 1 heterocycles. The molecule has 0 bridgehead atoms. The molecule has 2 aliphatic rings. The molecule has 0 radical (unpaired) electrons. The Hall–Kier alpha value is -2.66. The predicted octanol–water partition coefficient (Wildman–Crippen LogP) is 1.19. The van der Waals surface area contributed by atoms with Crippen LogP contribution in [0.2, 0.25) is 0 Å². The van der Waals surface area contributed by atoms with E-state index in [1.165, 1.54) is 5.56 Å². The van der Waals surface area contributed by atoms with Crippen LogP contribution in [0.25, 0.3) is 0 Å². The molecule has 128 valence electrons. The fourth-order valence-corrected chi connectivity index (χ4v) is 3.97. The monoisotopic (exact) mass is 335 g/mol. The molecular formula is C20H21N3O2. The molecule has 5 nitrogen and oxygen atoms in total. The van der Waals surface area contributed by atoms with Crippen molar-refractivity contribution >= 4 is 11.8 Å². The molecule has 25 heavy (non-hydrogen) atoms. The summed E-state index contributed by atoms with van der Waals surface area (Å²) in [7, 11) is 0. The van der Waals surface area contributed by atoms with Crippen LogP contribution in [0, 0.1) is 0 Å². The normalized spacial score (nSPS) is 27.6. The zero-order chi connectivity index (χ0) is 17.4. The third-order valence-electron chi connectivity index (χ3n) is 5.41. The van der Waals surface area contributed by atoms with Gasteiger partial charge in [0.05, 0.1) is 12.1 Å².